The molecule has 6 heteroatoms. The Morgan fingerprint density at radius 3 is 2.69 bits per heavy atom. The number of hydrogen-bond acceptors (Lipinski definition) is 5. The third kappa shape index (κ3) is 12.1. The molecule has 0 saturated carbocycles. The molecule has 0 fully saturated rings. The van der Waals surface area contributed by atoms with Crippen molar-refractivity contribution in [2.45, 2.75) is 13.0 Å². The van der Waals surface area contributed by atoms with Gasteiger partial charge in [0, 0.05) is 42.5 Å². The van der Waals surface area contributed by atoms with E-state index in [4.69, 9.17) is 9.47 Å². The maximum atomic E-state index is 10.7. The topological polar surface area (TPSA) is 67.8 Å². The van der Waals surface area contributed by atoms with Crippen LogP contribution in [0.1, 0.15) is 6.92 Å². The van der Waals surface area contributed by atoms with Gasteiger partial charge in [0.2, 0.25) is 0 Å². The van der Waals surface area contributed by atoms with Crippen LogP contribution < -0.4 is 5.32 Å². The minimum absolute atomic E-state index is 0.301. The zero-order chi connectivity index (χ0) is 12.2. The van der Waals surface area contributed by atoms with Crippen LogP contribution in [0.5, 0.6) is 0 Å². The highest BCUT2D eigenvalue weighted by atomic mass is 32.2. The molecule has 2 N–H and O–H groups in total. The number of rotatable bonds is 11. The molecular weight excluding hydrogens is 230 g/mol. The molecule has 0 aromatic rings. The van der Waals surface area contributed by atoms with Crippen LogP contribution in [-0.2, 0) is 20.3 Å². The van der Waals surface area contributed by atoms with Gasteiger partial charge in [-0.05, 0) is 6.92 Å². The van der Waals surface area contributed by atoms with Crippen molar-refractivity contribution in [3.8, 4) is 0 Å². The predicted octanol–water partition coefficient (Wildman–Crippen LogP) is -0.631. The minimum Gasteiger partial charge on any atom is -0.389 e. The van der Waals surface area contributed by atoms with Gasteiger partial charge in [-0.25, -0.2) is 0 Å². The molecular formula is C10H23NO4S. The lowest BCUT2D eigenvalue weighted by Crippen LogP contribution is -2.32. The number of aliphatic hydroxyl groups excluding tert-OH is 1. The molecule has 98 valence electrons. The molecule has 0 spiro atoms. The first-order valence-electron chi connectivity index (χ1n) is 5.51. The molecule has 0 heterocycles. The molecule has 0 rings (SSSR count). The van der Waals surface area contributed by atoms with E-state index >= 15 is 0 Å². The Kier molecular flexibility index (Phi) is 11.5. The highest BCUT2D eigenvalue weighted by Gasteiger charge is 2.03. The van der Waals surface area contributed by atoms with Gasteiger partial charge in [-0.2, -0.15) is 0 Å². The average Bonchev–Trinajstić information content (AvgIpc) is 2.24. The molecule has 0 bridgehead atoms. The lowest BCUT2D eigenvalue weighted by Gasteiger charge is -2.12. The summed E-state index contributed by atoms with van der Waals surface area (Å²) in [6.07, 6.45) is 1.14. The fourth-order valence-corrected chi connectivity index (χ4v) is 1.46. The molecule has 0 amide bonds. The van der Waals surface area contributed by atoms with Crippen molar-refractivity contribution >= 4 is 10.8 Å². The Morgan fingerprint density at radius 1 is 1.38 bits per heavy atom. The minimum atomic E-state index is -0.781. The van der Waals surface area contributed by atoms with Crippen molar-refractivity contribution in [2.75, 3.05) is 51.5 Å². The fourth-order valence-electron chi connectivity index (χ4n) is 1.03. The summed E-state index contributed by atoms with van der Waals surface area (Å²) in [4.78, 5) is 0. The van der Waals surface area contributed by atoms with E-state index in [1.807, 2.05) is 6.92 Å². The molecule has 0 aromatic heterocycles. The van der Waals surface area contributed by atoms with Crippen LogP contribution in [0.25, 0.3) is 0 Å². The first-order valence-corrected chi connectivity index (χ1v) is 7.23. The maximum absolute atomic E-state index is 10.7. The van der Waals surface area contributed by atoms with Crippen molar-refractivity contribution in [3.05, 3.63) is 0 Å². The number of ether oxygens (including phenoxy) is 2. The van der Waals surface area contributed by atoms with E-state index in [1.165, 1.54) is 0 Å². The van der Waals surface area contributed by atoms with Crippen LogP contribution >= 0.6 is 0 Å². The summed E-state index contributed by atoms with van der Waals surface area (Å²) in [6, 6.07) is 0. The molecule has 2 atom stereocenters. The molecule has 0 aliphatic heterocycles. The zero-order valence-corrected chi connectivity index (χ0v) is 10.9. The zero-order valence-electron chi connectivity index (χ0n) is 10.1. The second kappa shape index (κ2) is 11.5. The van der Waals surface area contributed by atoms with Crippen molar-refractivity contribution < 1.29 is 18.8 Å². The third-order valence-corrected chi connectivity index (χ3v) is 2.61. The van der Waals surface area contributed by atoms with Crippen molar-refractivity contribution in [3.63, 3.8) is 0 Å². The van der Waals surface area contributed by atoms with Gasteiger partial charge >= 0.3 is 0 Å². The summed E-state index contributed by atoms with van der Waals surface area (Å²) in [6.45, 7) is 5.09. The Bertz CT molecular complexity index is 180. The van der Waals surface area contributed by atoms with Crippen LogP contribution in [0.4, 0.5) is 0 Å². The normalized spacial score (nSPS) is 14.9. The quantitative estimate of drug-likeness (QED) is 0.480. The second-order valence-corrected chi connectivity index (χ2v) is 4.96. The van der Waals surface area contributed by atoms with Gasteiger partial charge < -0.3 is 19.9 Å². The Labute approximate surface area is 100.0 Å². The van der Waals surface area contributed by atoms with E-state index in [0.717, 1.165) is 0 Å². The summed E-state index contributed by atoms with van der Waals surface area (Å²) in [5, 5.41) is 12.5. The third-order valence-electron chi connectivity index (χ3n) is 1.83. The second-order valence-electron chi connectivity index (χ2n) is 3.41. The van der Waals surface area contributed by atoms with Crippen molar-refractivity contribution in [2.24, 2.45) is 0 Å². The van der Waals surface area contributed by atoms with Gasteiger partial charge in [0.05, 0.1) is 25.9 Å². The smallest absolute Gasteiger partial charge is 0.0897 e. The van der Waals surface area contributed by atoms with E-state index in [1.54, 1.807) is 6.26 Å². The number of nitrogens with one attached hydrogen (secondary N) is 1. The SMILES string of the molecule is CCOCCOCC(O)CNCCS(C)=O. The lowest BCUT2D eigenvalue weighted by atomic mass is 10.4. The molecule has 0 saturated heterocycles. The van der Waals surface area contributed by atoms with E-state index in [-0.39, 0.29) is 0 Å². The predicted molar refractivity (Wildman–Crippen MR) is 65.1 cm³/mol. The van der Waals surface area contributed by atoms with Crippen molar-refractivity contribution in [1.29, 1.82) is 0 Å². The summed E-state index contributed by atoms with van der Waals surface area (Å²) >= 11 is 0. The summed E-state index contributed by atoms with van der Waals surface area (Å²) in [5.41, 5.74) is 0. The van der Waals surface area contributed by atoms with Crippen LogP contribution in [0.15, 0.2) is 0 Å². The first-order chi connectivity index (χ1) is 7.66. The molecule has 16 heavy (non-hydrogen) atoms. The highest BCUT2D eigenvalue weighted by Crippen LogP contribution is 1.85. The average molecular weight is 253 g/mol. The Morgan fingerprint density at radius 2 is 2.06 bits per heavy atom. The van der Waals surface area contributed by atoms with E-state index in [2.05, 4.69) is 5.32 Å². The molecule has 5 nitrogen and oxygen atoms in total. The van der Waals surface area contributed by atoms with Gasteiger partial charge in [-0.1, -0.05) is 0 Å². The van der Waals surface area contributed by atoms with Crippen molar-refractivity contribution in [1.82, 2.24) is 5.32 Å². The Hall–Kier alpha value is -0.0100. The first kappa shape index (κ1) is 16.0. The van der Waals surface area contributed by atoms with Gasteiger partial charge in [-0.3, -0.25) is 4.21 Å². The largest absolute Gasteiger partial charge is 0.389 e. The standard InChI is InChI=1S/C10H23NO4S/c1-3-14-5-6-15-9-10(12)8-11-4-7-16(2)13/h10-12H,3-9H2,1-2H3. The lowest BCUT2D eigenvalue weighted by molar-refractivity contribution is 0.00669. The van der Waals surface area contributed by atoms with Gasteiger partial charge in [-0.15, -0.1) is 0 Å². The van der Waals surface area contributed by atoms with Crippen LogP contribution in [0.3, 0.4) is 0 Å². The summed E-state index contributed by atoms with van der Waals surface area (Å²) < 4.78 is 21.0. The summed E-state index contributed by atoms with van der Waals surface area (Å²) in [5.74, 6) is 0.609. The fraction of sp³-hybridized carbons (Fsp3) is 1.00. The molecule has 0 aliphatic rings. The van der Waals surface area contributed by atoms with E-state index in [0.29, 0.717) is 45.3 Å². The van der Waals surface area contributed by atoms with Gasteiger partial charge in [0.1, 0.15) is 0 Å². The molecule has 0 aliphatic carbocycles. The number of hydrogen-bond donors (Lipinski definition) is 2. The van der Waals surface area contributed by atoms with Crippen LogP contribution in [0.2, 0.25) is 0 Å². The van der Waals surface area contributed by atoms with E-state index < -0.39 is 16.9 Å². The Balaban J connectivity index is 3.18. The van der Waals surface area contributed by atoms with Crippen LogP contribution in [-0.4, -0.2) is 66.9 Å². The molecule has 0 radical (unpaired) electrons. The highest BCUT2D eigenvalue weighted by molar-refractivity contribution is 7.84. The molecule has 2 unspecified atom stereocenters. The van der Waals surface area contributed by atoms with Gasteiger partial charge in [0.15, 0.2) is 0 Å². The van der Waals surface area contributed by atoms with Gasteiger partial charge in [0.25, 0.3) is 0 Å². The number of aliphatic hydroxyl groups is 1. The monoisotopic (exact) mass is 253 g/mol. The maximum Gasteiger partial charge on any atom is 0.0897 e. The van der Waals surface area contributed by atoms with E-state index in [9.17, 15) is 9.32 Å². The molecule has 0 aromatic carbocycles. The van der Waals surface area contributed by atoms with Crippen LogP contribution in [0, 0.1) is 0 Å². The summed E-state index contributed by atoms with van der Waals surface area (Å²) in [7, 11) is -0.781.